The number of hydrogen-bond acceptors (Lipinski definition) is 4. The molecule has 0 saturated carbocycles. The minimum absolute atomic E-state index is 0.0778. The number of carbonyl (C=O) groups is 1. The standard InChI is InChI=1S/C12H25N3O2/c1-12(2,17)10-14(3)11(16)9-15-7-4-5-13-6-8-15/h13,17H,4-10H2,1-3H3. The van der Waals surface area contributed by atoms with Crippen molar-refractivity contribution in [1.29, 1.82) is 0 Å². The zero-order valence-electron chi connectivity index (χ0n) is 11.2. The van der Waals surface area contributed by atoms with Crippen LogP contribution in [-0.4, -0.2) is 72.7 Å². The molecule has 0 aromatic heterocycles. The molecule has 1 amide bonds. The Hall–Kier alpha value is -0.650. The number of carbonyl (C=O) groups excluding carboxylic acids is 1. The van der Waals surface area contributed by atoms with E-state index in [0.29, 0.717) is 13.1 Å². The topological polar surface area (TPSA) is 55.8 Å². The van der Waals surface area contributed by atoms with Crippen molar-refractivity contribution in [2.45, 2.75) is 25.9 Å². The highest BCUT2D eigenvalue weighted by atomic mass is 16.3. The largest absolute Gasteiger partial charge is 0.389 e. The first-order valence-corrected chi connectivity index (χ1v) is 6.28. The smallest absolute Gasteiger partial charge is 0.236 e. The normalized spacial score (nSPS) is 18.8. The van der Waals surface area contributed by atoms with Gasteiger partial charge in [0.05, 0.1) is 12.1 Å². The number of rotatable bonds is 4. The lowest BCUT2D eigenvalue weighted by atomic mass is 10.1. The monoisotopic (exact) mass is 243 g/mol. The predicted molar refractivity (Wildman–Crippen MR) is 67.9 cm³/mol. The van der Waals surface area contributed by atoms with E-state index in [-0.39, 0.29) is 5.91 Å². The number of nitrogens with one attached hydrogen (secondary N) is 1. The average molecular weight is 243 g/mol. The molecule has 1 fully saturated rings. The van der Waals surface area contributed by atoms with Crippen LogP contribution < -0.4 is 5.32 Å². The molecule has 1 rings (SSSR count). The number of aliphatic hydroxyl groups is 1. The van der Waals surface area contributed by atoms with Gasteiger partial charge in [0.2, 0.25) is 5.91 Å². The van der Waals surface area contributed by atoms with Gasteiger partial charge in [-0.1, -0.05) is 0 Å². The van der Waals surface area contributed by atoms with Gasteiger partial charge in [-0.15, -0.1) is 0 Å². The van der Waals surface area contributed by atoms with Gasteiger partial charge in [0.1, 0.15) is 0 Å². The van der Waals surface area contributed by atoms with E-state index in [9.17, 15) is 9.90 Å². The second-order valence-electron chi connectivity index (χ2n) is 5.44. The van der Waals surface area contributed by atoms with Crippen LogP contribution in [0.1, 0.15) is 20.3 Å². The summed E-state index contributed by atoms with van der Waals surface area (Å²) in [6.07, 6.45) is 1.09. The van der Waals surface area contributed by atoms with Crippen LogP contribution in [0.25, 0.3) is 0 Å². The third-order valence-electron chi connectivity index (χ3n) is 2.84. The molecule has 100 valence electrons. The van der Waals surface area contributed by atoms with Crippen LogP contribution >= 0.6 is 0 Å². The van der Waals surface area contributed by atoms with Crippen LogP contribution in [-0.2, 0) is 4.79 Å². The Kier molecular flexibility index (Phi) is 5.36. The molecule has 5 nitrogen and oxygen atoms in total. The molecule has 0 aromatic carbocycles. The summed E-state index contributed by atoms with van der Waals surface area (Å²) in [6.45, 7) is 8.12. The molecule has 1 heterocycles. The number of likely N-dealkylation sites (N-methyl/N-ethyl adjacent to an activating group) is 1. The van der Waals surface area contributed by atoms with Crippen molar-refractivity contribution < 1.29 is 9.90 Å². The molecule has 0 bridgehead atoms. The predicted octanol–water partition coefficient (Wildman–Crippen LogP) is -0.489. The minimum atomic E-state index is -0.829. The van der Waals surface area contributed by atoms with Crippen molar-refractivity contribution in [3.05, 3.63) is 0 Å². The Morgan fingerprint density at radius 1 is 1.41 bits per heavy atom. The molecule has 1 aliphatic rings. The highest BCUT2D eigenvalue weighted by Gasteiger charge is 2.21. The molecule has 0 spiro atoms. The molecule has 0 radical (unpaired) electrons. The highest BCUT2D eigenvalue weighted by Crippen LogP contribution is 2.04. The van der Waals surface area contributed by atoms with Gasteiger partial charge < -0.3 is 15.3 Å². The van der Waals surface area contributed by atoms with Crippen LogP contribution in [0, 0.1) is 0 Å². The fourth-order valence-electron chi connectivity index (χ4n) is 2.04. The number of hydrogen-bond donors (Lipinski definition) is 2. The van der Waals surface area contributed by atoms with Crippen LogP contribution in [0.15, 0.2) is 0 Å². The molecular formula is C12H25N3O2. The van der Waals surface area contributed by atoms with Crippen LogP contribution in [0.2, 0.25) is 0 Å². The SMILES string of the molecule is CN(CC(C)(C)O)C(=O)CN1CCCNCC1. The van der Waals surface area contributed by atoms with Crippen LogP contribution in [0.3, 0.4) is 0 Å². The summed E-state index contributed by atoms with van der Waals surface area (Å²) >= 11 is 0. The third-order valence-corrected chi connectivity index (χ3v) is 2.84. The summed E-state index contributed by atoms with van der Waals surface area (Å²) in [4.78, 5) is 15.7. The summed E-state index contributed by atoms with van der Waals surface area (Å²) in [5.41, 5.74) is -0.829. The quantitative estimate of drug-likeness (QED) is 0.700. The molecule has 17 heavy (non-hydrogen) atoms. The van der Waals surface area contributed by atoms with Gasteiger partial charge in [-0.2, -0.15) is 0 Å². The van der Waals surface area contributed by atoms with E-state index in [0.717, 1.165) is 32.6 Å². The Balaban J connectivity index is 2.36. The van der Waals surface area contributed by atoms with E-state index in [2.05, 4.69) is 10.2 Å². The van der Waals surface area contributed by atoms with Gasteiger partial charge >= 0.3 is 0 Å². The second kappa shape index (κ2) is 6.33. The molecule has 0 atom stereocenters. The summed E-state index contributed by atoms with van der Waals surface area (Å²) in [5, 5.41) is 13.0. The molecule has 1 aliphatic heterocycles. The zero-order chi connectivity index (χ0) is 12.9. The molecule has 0 unspecified atom stereocenters. The number of amides is 1. The zero-order valence-corrected chi connectivity index (χ0v) is 11.2. The van der Waals surface area contributed by atoms with Gasteiger partial charge in [-0.05, 0) is 33.4 Å². The summed E-state index contributed by atoms with van der Waals surface area (Å²) < 4.78 is 0. The minimum Gasteiger partial charge on any atom is -0.389 e. The van der Waals surface area contributed by atoms with Gasteiger partial charge in [-0.25, -0.2) is 0 Å². The first-order valence-electron chi connectivity index (χ1n) is 6.28. The van der Waals surface area contributed by atoms with Crippen molar-refractivity contribution in [2.75, 3.05) is 46.3 Å². The summed E-state index contributed by atoms with van der Waals surface area (Å²) in [6, 6.07) is 0. The lowest BCUT2D eigenvalue weighted by molar-refractivity contribution is -0.133. The molecule has 0 aliphatic carbocycles. The van der Waals surface area contributed by atoms with E-state index < -0.39 is 5.60 Å². The van der Waals surface area contributed by atoms with Crippen LogP contribution in [0.4, 0.5) is 0 Å². The summed E-state index contributed by atoms with van der Waals surface area (Å²) in [7, 11) is 1.75. The fraction of sp³-hybridized carbons (Fsp3) is 0.917. The van der Waals surface area contributed by atoms with Gasteiger partial charge in [0, 0.05) is 26.7 Å². The third kappa shape index (κ3) is 6.00. The lowest BCUT2D eigenvalue weighted by Gasteiger charge is -2.28. The van der Waals surface area contributed by atoms with Gasteiger partial charge in [0.15, 0.2) is 0 Å². The van der Waals surface area contributed by atoms with Crippen molar-refractivity contribution in [3.63, 3.8) is 0 Å². The molecule has 5 heteroatoms. The van der Waals surface area contributed by atoms with Crippen molar-refractivity contribution >= 4 is 5.91 Å². The van der Waals surface area contributed by atoms with E-state index in [1.54, 1.807) is 25.8 Å². The summed E-state index contributed by atoms with van der Waals surface area (Å²) in [5.74, 6) is 0.0778. The Bertz CT molecular complexity index is 243. The average Bonchev–Trinajstić information content (AvgIpc) is 2.43. The Morgan fingerprint density at radius 2 is 2.12 bits per heavy atom. The fourth-order valence-corrected chi connectivity index (χ4v) is 2.04. The molecule has 0 aromatic rings. The Morgan fingerprint density at radius 3 is 2.76 bits per heavy atom. The Labute approximate surface area is 104 Å². The van der Waals surface area contributed by atoms with E-state index in [1.165, 1.54) is 0 Å². The van der Waals surface area contributed by atoms with Crippen molar-refractivity contribution in [2.24, 2.45) is 0 Å². The van der Waals surface area contributed by atoms with Gasteiger partial charge in [0.25, 0.3) is 0 Å². The second-order valence-corrected chi connectivity index (χ2v) is 5.44. The van der Waals surface area contributed by atoms with Gasteiger partial charge in [-0.3, -0.25) is 9.69 Å². The molecule has 1 saturated heterocycles. The van der Waals surface area contributed by atoms with Crippen molar-refractivity contribution in [3.8, 4) is 0 Å². The highest BCUT2D eigenvalue weighted by molar-refractivity contribution is 5.78. The first-order chi connectivity index (χ1) is 7.88. The maximum atomic E-state index is 12.0. The first kappa shape index (κ1) is 14.4. The van der Waals surface area contributed by atoms with E-state index in [4.69, 9.17) is 0 Å². The molecule has 2 N–H and O–H groups in total. The lowest BCUT2D eigenvalue weighted by Crippen LogP contribution is -2.45. The maximum absolute atomic E-state index is 12.0. The van der Waals surface area contributed by atoms with Crippen molar-refractivity contribution in [1.82, 2.24) is 15.1 Å². The van der Waals surface area contributed by atoms with Crippen LogP contribution in [0.5, 0.6) is 0 Å². The number of nitrogens with zero attached hydrogens (tertiary/aromatic N) is 2. The van der Waals surface area contributed by atoms with E-state index in [1.807, 2.05) is 0 Å². The molecular weight excluding hydrogens is 218 g/mol. The van der Waals surface area contributed by atoms with E-state index >= 15 is 0 Å². The maximum Gasteiger partial charge on any atom is 0.236 e.